The Kier molecular flexibility index (Phi) is 5.38. The summed E-state index contributed by atoms with van der Waals surface area (Å²) in [6.07, 6.45) is 0. The number of esters is 1. The summed E-state index contributed by atoms with van der Waals surface area (Å²) in [4.78, 5) is 26.9. The minimum Gasteiger partial charge on any atom is -0.463 e. The highest BCUT2D eigenvalue weighted by molar-refractivity contribution is 7.99. The van der Waals surface area contributed by atoms with Crippen molar-refractivity contribution < 1.29 is 14.3 Å². The van der Waals surface area contributed by atoms with Crippen LogP contribution in [0.1, 0.15) is 17.8 Å². The SMILES string of the molecule is CCOC(=O)C1=C(CSc2nnc3sc4ccccc4n23)NC(=O)NC1c1cccs1. The normalized spacial score (nSPS) is 16.5. The van der Waals surface area contributed by atoms with Gasteiger partial charge in [-0.3, -0.25) is 4.40 Å². The number of hydrogen-bond donors (Lipinski definition) is 2. The molecule has 4 aromatic rings. The van der Waals surface area contributed by atoms with Gasteiger partial charge in [-0.1, -0.05) is 41.3 Å². The second kappa shape index (κ2) is 8.33. The number of thioether (sulfide) groups is 1. The van der Waals surface area contributed by atoms with Crippen molar-refractivity contribution in [2.24, 2.45) is 0 Å². The van der Waals surface area contributed by atoms with Gasteiger partial charge >= 0.3 is 12.0 Å². The summed E-state index contributed by atoms with van der Waals surface area (Å²) < 4.78 is 8.42. The molecule has 0 fully saturated rings. The molecule has 11 heteroatoms. The van der Waals surface area contributed by atoms with E-state index in [4.69, 9.17) is 4.74 Å². The molecule has 3 aromatic heterocycles. The van der Waals surface area contributed by atoms with Gasteiger partial charge in [-0.25, -0.2) is 9.59 Å². The first-order chi connectivity index (χ1) is 15.2. The zero-order chi connectivity index (χ0) is 21.4. The molecule has 1 aliphatic heterocycles. The lowest BCUT2D eigenvalue weighted by Crippen LogP contribution is -2.46. The molecule has 2 amide bonds. The van der Waals surface area contributed by atoms with Gasteiger partial charge in [0.05, 0.1) is 28.4 Å². The fraction of sp³-hybridized carbons (Fsp3) is 0.200. The van der Waals surface area contributed by atoms with Crippen molar-refractivity contribution in [2.75, 3.05) is 12.4 Å². The van der Waals surface area contributed by atoms with Crippen molar-refractivity contribution in [1.82, 2.24) is 25.2 Å². The number of carbonyl (C=O) groups excluding carboxylic acids is 2. The van der Waals surface area contributed by atoms with Crippen LogP contribution in [0.3, 0.4) is 0 Å². The third kappa shape index (κ3) is 3.68. The number of benzene rings is 1. The Balaban J connectivity index is 1.52. The van der Waals surface area contributed by atoms with Gasteiger partial charge < -0.3 is 15.4 Å². The molecule has 4 heterocycles. The highest BCUT2D eigenvalue weighted by Crippen LogP contribution is 2.34. The number of fused-ring (bicyclic) bond motifs is 3. The van der Waals surface area contributed by atoms with Crippen LogP contribution < -0.4 is 10.6 Å². The molecule has 1 aromatic carbocycles. The topological polar surface area (TPSA) is 97.6 Å². The smallest absolute Gasteiger partial charge is 0.338 e. The zero-order valence-corrected chi connectivity index (χ0v) is 18.8. The molecule has 0 saturated carbocycles. The van der Waals surface area contributed by atoms with Crippen LogP contribution in [0.2, 0.25) is 0 Å². The van der Waals surface area contributed by atoms with Gasteiger partial charge in [-0.15, -0.1) is 21.5 Å². The van der Waals surface area contributed by atoms with Crippen molar-refractivity contribution in [2.45, 2.75) is 18.1 Å². The quantitative estimate of drug-likeness (QED) is 0.326. The van der Waals surface area contributed by atoms with E-state index in [2.05, 4.69) is 20.8 Å². The number of carbonyl (C=O) groups is 2. The number of amides is 2. The van der Waals surface area contributed by atoms with Crippen LogP contribution in [0.4, 0.5) is 4.79 Å². The first-order valence-corrected chi connectivity index (χ1v) is 12.2. The lowest BCUT2D eigenvalue weighted by atomic mass is 10.0. The number of nitrogens with zero attached hydrogens (tertiary/aromatic N) is 3. The number of para-hydroxylation sites is 1. The number of thiazole rings is 1. The molecule has 1 atom stereocenters. The third-order valence-corrected chi connectivity index (χ3v) is 7.64. The largest absolute Gasteiger partial charge is 0.463 e. The Morgan fingerprint density at radius 2 is 2.13 bits per heavy atom. The fourth-order valence-electron chi connectivity index (χ4n) is 3.44. The van der Waals surface area contributed by atoms with Gasteiger partial charge in [0.2, 0.25) is 4.96 Å². The standard InChI is InChI=1S/C20H17N5O3S3/c1-2-28-17(26)15-11(21-18(27)22-16(15)14-8-5-9-29-14)10-30-19-23-24-20-25(19)12-6-3-4-7-13(12)31-20/h3-9,16H,2,10H2,1H3,(H2,21,22,27). The van der Waals surface area contributed by atoms with E-state index in [0.717, 1.165) is 20.1 Å². The van der Waals surface area contributed by atoms with Crippen LogP contribution in [-0.2, 0) is 9.53 Å². The minimum absolute atomic E-state index is 0.250. The third-order valence-electron chi connectivity index (χ3n) is 4.73. The Bertz CT molecular complexity index is 1310. The summed E-state index contributed by atoms with van der Waals surface area (Å²) in [5.41, 5.74) is 1.95. The lowest BCUT2D eigenvalue weighted by molar-refractivity contribution is -0.139. The summed E-state index contributed by atoms with van der Waals surface area (Å²) in [6.45, 7) is 2.01. The van der Waals surface area contributed by atoms with E-state index in [-0.39, 0.29) is 12.6 Å². The van der Waals surface area contributed by atoms with Crippen LogP contribution in [0.5, 0.6) is 0 Å². The number of nitrogens with one attached hydrogen (secondary N) is 2. The number of thiophene rings is 1. The fourth-order valence-corrected chi connectivity index (χ4v) is 6.16. The minimum atomic E-state index is -0.552. The van der Waals surface area contributed by atoms with E-state index >= 15 is 0 Å². The molecule has 5 rings (SSSR count). The maximum absolute atomic E-state index is 12.8. The van der Waals surface area contributed by atoms with Crippen molar-refractivity contribution in [3.63, 3.8) is 0 Å². The molecule has 1 unspecified atom stereocenters. The first kappa shape index (κ1) is 20.0. The van der Waals surface area contributed by atoms with E-state index in [1.165, 1.54) is 23.1 Å². The Morgan fingerprint density at radius 1 is 1.26 bits per heavy atom. The first-order valence-electron chi connectivity index (χ1n) is 9.52. The van der Waals surface area contributed by atoms with Gasteiger partial charge in [0.1, 0.15) is 0 Å². The van der Waals surface area contributed by atoms with E-state index in [1.54, 1.807) is 18.3 Å². The van der Waals surface area contributed by atoms with Crippen LogP contribution in [0.15, 0.2) is 58.2 Å². The second-order valence-electron chi connectivity index (χ2n) is 6.62. The van der Waals surface area contributed by atoms with E-state index in [9.17, 15) is 9.59 Å². The number of aromatic nitrogens is 3. The predicted octanol–water partition coefficient (Wildman–Crippen LogP) is 3.97. The molecule has 158 valence electrons. The molecule has 0 aliphatic carbocycles. The van der Waals surface area contributed by atoms with E-state index in [0.29, 0.717) is 22.2 Å². The summed E-state index contributed by atoms with van der Waals surface area (Å²) in [7, 11) is 0. The molecule has 2 N–H and O–H groups in total. The molecular formula is C20H17N5O3S3. The van der Waals surface area contributed by atoms with Crippen molar-refractivity contribution >= 4 is 61.6 Å². The average Bonchev–Trinajstić information content (AvgIpc) is 3.49. The van der Waals surface area contributed by atoms with Crippen LogP contribution in [0.25, 0.3) is 15.2 Å². The molecule has 1 aliphatic rings. The van der Waals surface area contributed by atoms with E-state index < -0.39 is 12.0 Å². The summed E-state index contributed by atoms with van der Waals surface area (Å²) >= 11 is 4.46. The highest BCUT2D eigenvalue weighted by atomic mass is 32.2. The molecule has 8 nitrogen and oxygen atoms in total. The molecule has 0 radical (unpaired) electrons. The summed E-state index contributed by atoms with van der Waals surface area (Å²) in [5, 5.41) is 16.8. The molecule has 0 spiro atoms. The zero-order valence-electron chi connectivity index (χ0n) is 16.3. The Labute approximate surface area is 189 Å². The van der Waals surface area contributed by atoms with Crippen LogP contribution >= 0.6 is 34.4 Å². The monoisotopic (exact) mass is 471 g/mol. The van der Waals surface area contributed by atoms with E-state index in [1.807, 2.05) is 46.2 Å². The summed E-state index contributed by atoms with van der Waals surface area (Å²) in [5.74, 6) is -0.106. The van der Waals surface area contributed by atoms with Gasteiger partial charge in [-0.05, 0) is 30.5 Å². The Morgan fingerprint density at radius 3 is 2.94 bits per heavy atom. The van der Waals surface area contributed by atoms with Crippen molar-refractivity contribution in [3.05, 3.63) is 57.9 Å². The van der Waals surface area contributed by atoms with Crippen molar-refractivity contribution in [1.29, 1.82) is 0 Å². The number of hydrogen-bond acceptors (Lipinski definition) is 8. The van der Waals surface area contributed by atoms with Crippen molar-refractivity contribution in [3.8, 4) is 0 Å². The molecule has 0 bridgehead atoms. The highest BCUT2D eigenvalue weighted by Gasteiger charge is 2.34. The molecule has 31 heavy (non-hydrogen) atoms. The predicted molar refractivity (Wildman–Crippen MR) is 121 cm³/mol. The molecule has 0 saturated heterocycles. The van der Waals surface area contributed by atoms with Gasteiger partial charge in [0, 0.05) is 16.3 Å². The number of ether oxygens (including phenoxy) is 1. The maximum Gasteiger partial charge on any atom is 0.338 e. The second-order valence-corrected chi connectivity index (χ2v) is 9.55. The maximum atomic E-state index is 12.8. The van der Waals surface area contributed by atoms with Gasteiger partial charge in [0.25, 0.3) is 0 Å². The van der Waals surface area contributed by atoms with Crippen LogP contribution in [-0.4, -0.2) is 39.0 Å². The van der Waals surface area contributed by atoms with Gasteiger partial charge in [-0.2, -0.15) is 0 Å². The summed E-state index contributed by atoms with van der Waals surface area (Å²) in [6, 6.07) is 10.9. The number of rotatable bonds is 6. The molecular weight excluding hydrogens is 454 g/mol. The average molecular weight is 472 g/mol. The lowest BCUT2D eigenvalue weighted by Gasteiger charge is -2.28. The Hall–Kier alpha value is -2.89. The number of urea groups is 1. The van der Waals surface area contributed by atoms with Crippen LogP contribution in [0, 0.1) is 0 Å². The van der Waals surface area contributed by atoms with Gasteiger partial charge in [0.15, 0.2) is 5.16 Å².